The van der Waals surface area contributed by atoms with Crippen molar-refractivity contribution < 1.29 is 0 Å². The molecule has 2 aromatic carbocycles. The highest BCUT2D eigenvalue weighted by molar-refractivity contribution is 5.68. The van der Waals surface area contributed by atoms with Crippen LogP contribution in [0.25, 0.3) is 0 Å². The lowest BCUT2D eigenvalue weighted by Crippen LogP contribution is -2.30. The normalized spacial score (nSPS) is 15.2. The van der Waals surface area contributed by atoms with Crippen LogP contribution in [0.15, 0.2) is 36.4 Å². The molecule has 30 heavy (non-hydrogen) atoms. The maximum absolute atomic E-state index is 2.64. The standard InChI is InChI=1S/C28H42N2/c1-19(2)22-12-10-13-23(20(3)4)26(22)29-16-17-30(18-29)27-24(21(5)6)14-11-15-25(27)28(7,8)9/h10-15,19-21H,16-18H2,1-9H3. The minimum atomic E-state index is 0.132. The van der Waals surface area contributed by atoms with Crippen molar-refractivity contribution in [2.24, 2.45) is 0 Å². The summed E-state index contributed by atoms with van der Waals surface area (Å²) in [4.78, 5) is 5.27. The van der Waals surface area contributed by atoms with E-state index in [9.17, 15) is 0 Å². The summed E-state index contributed by atoms with van der Waals surface area (Å²) in [6.07, 6.45) is 0. The van der Waals surface area contributed by atoms with Gasteiger partial charge < -0.3 is 9.80 Å². The molecular weight excluding hydrogens is 364 g/mol. The van der Waals surface area contributed by atoms with Crippen LogP contribution >= 0.6 is 0 Å². The minimum Gasteiger partial charge on any atom is -0.352 e. The van der Waals surface area contributed by atoms with Crippen molar-refractivity contribution in [1.82, 2.24) is 0 Å². The van der Waals surface area contributed by atoms with E-state index in [1.807, 2.05) is 0 Å². The van der Waals surface area contributed by atoms with Gasteiger partial charge in [-0.1, -0.05) is 98.7 Å². The molecule has 2 aromatic rings. The molecule has 164 valence electrons. The van der Waals surface area contributed by atoms with Gasteiger partial charge in [0.25, 0.3) is 0 Å². The summed E-state index contributed by atoms with van der Waals surface area (Å²) >= 11 is 0. The van der Waals surface area contributed by atoms with Crippen LogP contribution in [-0.2, 0) is 5.41 Å². The zero-order valence-electron chi connectivity index (χ0n) is 20.7. The highest BCUT2D eigenvalue weighted by Gasteiger charge is 2.31. The van der Waals surface area contributed by atoms with Gasteiger partial charge in [-0.3, -0.25) is 0 Å². The number of anilines is 2. The average Bonchev–Trinajstić information content (AvgIpc) is 3.15. The first-order valence-electron chi connectivity index (χ1n) is 11.8. The number of nitrogens with zero attached hydrogens (tertiary/aromatic N) is 2. The molecular formula is C28H42N2. The van der Waals surface area contributed by atoms with E-state index in [1.54, 1.807) is 0 Å². The van der Waals surface area contributed by atoms with Gasteiger partial charge in [-0.05, 0) is 45.4 Å². The van der Waals surface area contributed by atoms with Gasteiger partial charge in [0.05, 0.1) is 6.67 Å². The quantitative estimate of drug-likeness (QED) is 0.503. The molecule has 0 spiro atoms. The summed E-state index contributed by atoms with van der Waals surface area (Å²) < 4.78 is 0. The minimum absolute atomic E-state index is 0.132. The van der Waals surface area contributed by atoms with Crippen LogP contribution in [0.5, 0.6) is 0 Å². The van der Waals surface area contributed by atoms with E-state index < -0.39 is 0 Å². The van der Waals surface area contributed by atoms with Gasteiger partial charge in [0.2, 0.25) is 0 Å². The van der Waals surface area contributed by atoms with Crippen molar-refractivity contribution in [3.05, 3.63) is 58.7 Å². The van der Waals surface area contributed by atoms with Crippen LogP contribution in [0.2, 0.25) is 0 Å². The molecule has 0 aliphatic carbocycles. The Balaban J connectivity index is 2.06. The van der Waals surface area contributed by atoms with E-state index in [1.165, 1.54) is 33.6 Å². The highest BCUT2D eigenvalue weighted by Crippen LogP contribution is 2.41. The van der Waals surface area contributed by atoms with Crippen molar-refractivity contribution in [2.45, 2.75) is 85.5 Å². The molecule has 0 saturated carbocycles. The van der Waals surface area contributed by atoms with Gasteiger partial charge in [-0.25, -0.2) is 0 Å². The van der Waals surface area contributed by atoms with Crippen molar-refractivity contribution in [3.8, 4) is 0 Å². The van der Waals surface area contributed by atoms with E-state index >= 15 is 0 Å². The summed E-state index contributed by atoms with van der Waals surface area (Å²) in [6, 6.07) is 13.8. The zero-order valence-corrected chi connectivity index (χ0v) is 20.7. The highest BCUT2D eigenvalue weighted by atomic mass is 15.4. The maximum Gasteiger partial charge on any atom is 0.0904 e. The molecule has 1 aliphatic heterocycles. The van der Waals surface area contributed by atoms with Gasteiger partial charge in [-0.15, -0.1) is 0 Å². The predicted octanol–water partition coefficient (Wildman–Crippen LogP) is 7.64. The van der Waals surface area contributed by atoms with Gasteiger partial charge in [0.15, 0.2) is 0 Å². The third-order valence-corrected chi connectivity index (χ3v) is 6.45. The van der Waals surface area contributed by atoms with Gasteiger partial charge in [-0.2, -0.15) is 0 Å². The lowest BCUT2D eigenvalue weighted by Gasteiger charge is -2.33. The summed E-state index contributed by atoms with van der Waals surface area (Å²) in [6.45, 7) is 24.1. The first-order valence-corrected chi connectivity index (χ1v) is 11.8. The van der Waals surface area contributed by atoms with Gasteiger partial charge >= 0.3 is 0 Å². The largest absolute Gasteiger partial charge is 0.352 e. The van der Waals surface area contributed by atoms with Gasteiger partial charge in [0, 0.05) is 24.5 Å². The number of hydrogen-bond acceptors (Lipinski definition) is 2. The smallest absolute Gasteiger partial charge is 0.0904 e. The topological polar surface area (TPSA) is 6.48 Å². The lowest BCUT2D eigenvalue weighted by molar-refractivity contribution is 0.586. The van der Waals surface area contributed by atoms with E-state index in [2.05, 4.69) is 109 Å². The van der Waals surface area contributed by atoms with Crippen LogP contribution < -0.4 is 9.80 Å². The van der Waals surface area contributed by atoms with Gasteiger partial charge in [0.1, 0.15) is 0 Å². The number of rotatable bonds is 5. The molecule has 3 rings (SSSR count). The molecule has 1 aliphatic rings. The Morgan fingerprint density at radius 3 is 1.47 bits per heavy atom. The molecule has 0 unspecified atom stereocenters. The Morgan fingerprint density at radius 2 is 1.03 bits per heavy atom. The van der Waals surface area contributed by atoms with Crippen molar-refractivity contribution in [2.75, 3.05) is 29.6 Å². The molecule has 1 fully saturated rings. The van der Waals surface area contributed by atoms with Crippen LogP contribution in [0.1, 0.15) is 102 Å². The second kappa shape index (κ2) is 8.65. The van der Waals surface area contributed by atoms with E-state index in [-0.39, 0.29) is 5.41 Å². The molecule has 1 heterocycles. The molecule has 2 heteroatoms. The first kappa shape index (κ1) is 22.7. The Kier molecular flexibility index (Phi) is 6.55. The summed E-state index contributed by atoms with van der Waals surface area (Å²) in [7, 11) is 0. The monoisotopic (exact) mass is 406 g/mol. The Morgan fingerprint density at radius 1 is 0.633 bits per heavy atom. The summed E-state index contributed by atoms with van der Waals surface area (Å²) in [5.74, 6) is 1.58. The lowest BCUT2D eigenvalue weighted by atomic mass is 9.82. The second-order valence-electron chi connectivity index (χ2n) is 10.9. The second-order valence-corrected chi connectivity index (χ2v) is 10.9. The molecule has 0 N–H and O–H groups in total. The molecule has 0 radical (unpaired) electrons. The predicted molar refractivity (Wildman–Crippen MR) is 133 cm³/mol. The van der Waals surface area contributed by atoms with Crippen LogP contribution in [0.4, 0.5) is 11.4 Å². The Hall–Kier alpha value is -1.96. The fourth-order valence-electron chi connectivity index (χ4n) is 4.82. The SMILES string of the molecule is CC(C)c1cccc(C(C)C)c1N1CCN(c2c(C(C)C)cccc2C(C)(C)C)C1. The third kappa shape index (κ3) is 4.38. The fraction of sp³-hybridized carbons (Fsp3) is 0.571. The molecule has 0 atom stereocenters. The Bertz CT molecular complexity index is 844. The van der Waals surface area contributed by atoms with E-state index in [0.717, 1.165) is 19.8 Å². The zero-order chi connectivity index (χ0) is 22.2. The first-order chi connectivity index (χ1) is 14.0. The van der Waals surface area contributed by atoms with Crippen molar-refractivity contribution in [3.63, 3.8) is 0 Å². The number of para-hydroxylation sites is 2. The summed E-state index contributed by atoms with van der Waals surface area (Å²) in [5, 5.41) is 0. The van der Waals surface area contributed by atoms with Crippen molar-refractivity contribution in [1.29, 1.82) is 0 Å². The van der Waals surface area contributed by atoms with Crippen molar-refractivity contribution >= 4 is 11.4 Å². The molecule has 0 amide bonds. The van der Waals surface area contributed by atoms with E-state index in [0.29, 0.717) is 17.8 Å². The van der Waals surface area contributed by atoms with Crippen LogP contribution in [0, 0.1) is 0 Å². The molecule has 0 aromatic heterocycles. The average molecular weight is 407 g/mol. The number of benzene rings is 2. The molecule has 1 saturated heterocycles. The maximum atomic E-state index is 2.64. The van der Waals surface area contributed by atoms with Crippen LogP contribution in [-0.4, -0.2) is 19.8 Å². The van der Waals surface area contributed by atoms with E-state index in [4.69, 9.17) is 0 Å². The Labute approximate surface area is 185 Å². The summed E-state index contributed by atoms with van der Waals surface area (Å²) in [5.41, 5.74) is 8.99. The molecule has 2 nitrogen and oxygen atoms in total. The van der Waals surface area contributed by atoms with Crippen LogP contribution in [0.3, 0.4) is 0 Å². The molecule has 0 bridgehead atoms. The third-order valence-electron chi connectivity index (χ3n) is 6.45. The number of hydrogen-bond donors (Lipinski definition) is 0. The fourth-order valence-corrected chi connectivity index (χ4v) is 4.82.